The summed E-state index contributed by atoms with van der Waals surface area (Å²) in [6.07, 6.45) is 6.27. The maximum atomic E-state index is 10.2. The van der Waals surface area contributed by atoms with Crippen LogP contribution in [0, 0.1) is 0 Å². The Hall–Kier alpha value is -1.59. The number of aliphatic hydroxyl groups excluding tert-OH is 1. The van der Waals surface area contributed by atoms with Crippen molar-refractivity contribution < 1.29 is 20.1 Å². The average molecular weight is 308 g/mol. The lowest BCUT2D eigenvalue weighted by Gasteiger charge is -2.14. The van der Waals surface area contributed by atoms with Crippen molar-refractivity contribution in [2.24, 2.45) is 0 Å². The molecule has 0 saturated carbocycles. The van der Waals surface area contributed by atoms with Gasteiger partial charge in [-0.25, -0.2) is 0 Å². The number of rotatable bonds is 12. The summed E-state index contributed by atoms with van der Waals surface area (Å²) in [6.45, 7) is 0.695. The molecule has 124 valence electrons. The van der Waals surface area contributed by atoms with Crippen molar-refractivity contribution in [3.05, 3.63) is 29.8 Å². The number of carboxylic acids is 1. The highest BCUT2D eigenvalue weighted by Gasteiger charge is 2.09. The number of nitrogens with one attached hydrogen (secondary N) is 1. The maximum absolute atomic E-state index is 10.2. The van der Waals surface area contributed by atoms with Crippen LogP contribution in [0.5, 0.6) is 5.75 Å². The molecule has 1 unspecified atom stereocenters. The summed E-state index contributed by atoms with van der Waals surface area (Å²) < 4.78 is 0. The number of para-hydroxylation sites is 1. The summed E-state index contributed by atoms with van der Waals surface area (Å²) in [7, 11) is 0. The van der Waals surface area contributed by atoms with Crippen LogP contribution in [0.15, 0.2) is 24.3 Å². The second-order valence-corrected chi connectivity index (χ2v) is 5.51. The van der Waals surface area contributed by atoms with Crippen LogP contribution in [0.25, 0.3) is 0 Å². The number of benzene rings is 1. The largest absolute Gasteiger partial charge is 0.550 e. The van der Waals surface area contributed by atoms with Crippen molar-refractivity contribution in [2.75, 3.05) is 6.54 Å². The SMILES string of the molecule is O=C([O-])CCCCCCCCCNC(O)c1ccccc1O. The number of carbonyl (C=O) groups is 1. The van der Waals surface area contributed by atoms with Gasteiger partial charge in [-0.3, -0.25) is 5.32 Å². The minimum Gasteiger partial charge on any atom is -0.550 e. The quantitative estimate of drug-likeness (QED) is 0.405. The fourth-order valence-corrected chi connectivity index (χ4v) is 2.35. The molecule has 1 aromatic rings. The Labute approximate surface area is 132 Å². The van der Waals surface area contributed by atoms with E-state index >= 15 is 0 Å². The van der Waals surface area contributed by atoms with Crippen molar-refractivity contribution in [1.82, 2.24) is 5.32 Å². The zero-order valence-electron chi connectivity index (χ0n) is 13.0. The first-order valence-electron chi connectivity index (χ1n) is 8.00. The molecule has 5 heteroatoms. The summed E-state index contributed by atoms with van der Waals surface area (Å²) >= 11 is 0. The van der Waals surface area contributed by atoms with Gasteiger partial charge in [0.25, 0.3) is 0 Å². The molecule has 1 atom stereocenters. The van der Waals surface area contributed by atoms with Gasteiger partial charge in [0.05, 0.1) is 0 Å². The molecule has 0 radical (unpaired) electrons. The lowest BCUT2D eigenvalue weighted by Crippen LogP contribution is -2.22. The molecule has 0 aliphatic carbocycles. The normalized spacial score (nSPS) is 12.2. The van der Waals surface area contributed by atoms with Crippen LogP contribution >= 0.6 is 0 Å². The number of aliphatic hydroxyl groups is 1. The summed E-state index contributed by atoms with van der Waals surface area (Å²) in [4.78, 5) is 10.2. The topological polar surface area (TPSA) is 92.6 Å². The van der Waals surface area contributed by atoms with E-state index in [2.05, 4.69) is 5.32 Å². The smallest absolute Gasteiger partial charge is 0.134 e. The third kappa shape index (κ3) is 8.00. The standard InChI is InChI=1S/C17H27NO4/c19-15-11-8-7-10-14(15)17(22)18-13-9-5-3-1-2-4-6-12-16(20)21/h7-8,10-11,17-19,22H,1-6,9,12-13H2,(H,20,21)/p-1. The number of aliphatic carboxylic acids is 1. The minimum atomic E-state index is -0.964. The third-order valence-electron chi connectivity index (χ3n) is 3.63. The highest BCUT2D eigenvalue weighted by molar-refractivity contribution is 5.64. The van der Waals surface area contributed by atoms with Crippen molar-refractivity contribution in [3.8, 4) is 5.75 Å². The fourth-order valence-electron chi connectivity index (χ4n) is 2.35. The number of phenols is 1. The summed E-state index contributed by atoms with van der Waals surface area (Å²) in [5.41, 5.74) is 0.496. The van der Waals surface area contributed by atoms with Gasteiger partial charge in [0.2, 0.25) is 0 Å². The first-order valence-corrected chi connectivity index (χ1v) is 8.00. The van der Waals surface area contributed by atoms with Crippen LogP contribution in [0.3, 0.4) is 0 Å². The van der Waals surface area contributed by atoms with E-state index in [0.29, 0.717) is 18.5 Å². The molecular weight excluding hydrogens is 282 g/mol. The number of unbranched alkanes of at least 4 members (excludes halogenated alkanes) is 6. The Morgan fingerprint density at radius 1 is 1.05 bits per heavy atom. The van der Waals surface area contributed by atoms with Crippen LogP contribution in [0.4, 0.5) is 0 Å². The molecule has 3 N–H and O–H groups in total. The van der Waals surface area contributed by atoms with E-state index in [0.717, 1.165) is 38.5 Å². The molecule has 0 saturated heterocycles. The van der Waals surface area contributed by atoms with Crippen LogP contribution in [-0.2, 0) is 4.79 Å². The Balaban J connectivity index is 1.97. The van der Waals surface area contributed by atoms with Gasteiger partial charge in [-0.05, 0) is 31.9 Å². The maximum Gasteiger partial charge on any atom is 0.134 e. The number of hydrogen-bond donors (Lipinski definition) is 3. The molecule has 0 aliphatic heterocycles. The van der Waals surface area contributed by atoms with Gasteiger partial charge in [-0.1, -0.05) is 50.3 Å². The minimum absolute atomic E-state index is 0.0964. The van der Waals surface area contributed by atoms with Gasteiger partial charge in [0.1, 0.15) is 12.0 Å². The lowest BCUT2D eigenvalue weighted by atomic mass is 10.1. The molecule has 0 spiro atoms. The Bertz CT molecular complexity index is 436. The third-order valence-corrected chi connectivity index (χ3v) is 3.63. The molecular formula is C17H26NO4-. The van der Waals surface area contributed by atoms with E-state index in [-0.39, 0.29) is 12.2 Å². The van der Waals surface area contributed by atoms with Gasteiger partial charge in [0, 0.05) is 11.5 Å². The van der Waals surface area contributed by atoms with Gasteiger partial charge >= 0.3 is 0 Å². The van der Waals surface area contributed by atoms with Crippen LogP contribution in [0.2, 0.25) is 0 Å². The zero-order chi connectivity index (χ0) is 16.2. The second-order valence-electron chi connectivity index (χ2n) is 5.51. The van der Waals surface area contributed by atoms with E-state index < -0.39 is 12.2 Å². The lowest BCUT2D eigenvalue weighted by molar-refractivity contribution is -0.305. The predicted molar refractivity (Wildman–Crippen MR) is 83.0 cm³/mol. The van der Waals surface area contributed by atoms with E-state index in [4.69, 9.17) is 0 Å². The number of hydrogen-bond acceptors (Lipinski definition) is 5. The van der Waals surface area contributed by atoms with Gasteiger partial charge in [0.15, 0.2) is 0 Å². The van der Waals surface area contributed by atoms with Crippen molar-refractivity contribution >= 4 is 5.97 Å². The number of phenolic OH excluding ortho intramolecular Hbond substituents is 1. The highest BCUT2D eigenvalue weighted by atomic mass is 16.4. The average Bonchev–Trinajstić information content (AvgIpc) is 2.49. The number of carboxylic acid groups (broad SMARTS) is 1. The highest BCUT2D eigenvalue weighted by Crippen LogP contribution is 2.21. The predicted octanol–water partition coefficient (Wildman–Crippen LogP) is 1.84. The first kappa shape index (κ1) is 18.5. The second kappa shape index (κ2) is 11.0. The van der Waals surface area contributed by atoms with E-state index in [1.54, 1.807) is 24.3 Å². The zero-order valence-corrected chi connectivity index (χ0v) is 13.0. The fraction of sp³-hybridized carbons (Fsp3) is 0.588. The Morgan fingerprint density at radius 2 is 1.64 bits per heavy atom. The van der Waals surface area contributed by atoms with E-state index in [1.807, 2.05) is 0 Å². The molecule has 1 aromatic carbocycles. The van der Waals surface area contributed by atoms with Gasteiger partial charge < -0.3 is 20.1 Å². The first-order chi connectivity index (χ1) is 10.6. The summed E-state index contributed by atoms with van der Waals surface area (Å²) in [5.74, 6) is -0.867. The molecule has 1 rings (SSSR count). The molecule has 0 aliphatic rings. The summed E-state index contributed by atoms with van der Waals surface area (Å²) in [6, 6.07) is 6.75. The molecule has 5 nitrogen and oxygen atoms in total. The molecule has 0 bridgehead atoms. The number of carbonyl (C=O) groups excluding carboxylic acids is 1. The van der Waals surface area contributed by atoms with Gasteiger partial charge in [-0.2, -0.15) is 0 Å². The Morgan fingerprint density at radius 3 is 2.27 bits per heavy atom. The van der Waals surface area contributed by atoms with E-state index in [1.165, 1.54) is 0 Å². The molecule has 0 aromatic heterocycles. The Kier molecular flexibility index (Phi) is 9.26. The molecule has 0 fully saturated rings. The van der Waals surface area contributed by atoms with Gasteiger partial charge in [-0.15, -0.1) is 0 Å². The molecule has 0 amide bonds. The van der Waals surface area contributed by atoms with Crippen molar-refractivity contribution in [1.29, 1.82) is 0 Å². The molecule has 22 heavy (non-hydrogen) atoms. The summed E-state index contributed by atoms with van der Waals surface area (Å²) in [5, 5.41) is 32.8. The van der Waals surface area contributed by atoms with Crippen LogP contribution in [-0.4, -0.2) is 22.7 Å². The molecule has 0 heterocycles. The monoisotopic (exact) mass is 308 g/mol. The van der Waals surface area contributed by atoms with E-state index in [9.17, 15) is 20.1 Å². The van der Waals surface area contributed by atoms with Crippen molar-refractivity contribution in [2.45, 2.75) is 57.6 Å². The number of aromatic hydroxyl groups is 1. The van der Waals surface area contributed by atoms with Crippen LogP contribution < -0.4 is 10.4 Å². The van der Waals surface area contributed by atoms with Crippen molar-refractivity contribution in [3.63, 3.8) is 0 Å². The van der Waals surface area contributed by atoms with Crippen LogP contribution in [0.1, 0.15) is 63.2 Å².